The number of carbonyl (C=O) groups is 1. The van der Waals surface area contributed by atoms with Gasteiger partial charge in [-0.3, -0.25) is 9.48 Å². The lowest BCUT2D eigenvalue weighted by molar-refractivity contribution is -0.131. The summed E-state index contributed by atoms with van der Waals surface area (Å²) in [5, 5.41) is 5.56. The largest absolute Gasteiger partial charge is 0.497 e. The molecule has 0 spiro atoms. The van der Waals surface area contributed by atoms with Crippen molar-refractivity contribution in [3.63, 3.8) is 0 Å². The minimum atomic E-state index is 0.0492. The van der Waals surface area contributed by atoms with E-state index < -0.39 is 0 Å². The van der Waals surface area contributed by atoms with Gasteiger partial charge in [0, 0.05) is 24.5 Å². The van der Waals surface area contributed by atoms with Crippen molar-refractivity contribution in [1.29, 1.82) is 0 Å². The molecular weight excluding hydrogens is 330 g/mol. The Morgan fingerprint density at radius 1 is 1.27 bits per heavy atom. The zero-order chi connectivity index (χ0) is 18.1. The van der Waals surface area contributed by atoms with Crippen LogP contribution >= 0.6 is 0 Å². The van der Waals surface area contributed by atoms with Gasteiger partial charge in [-0.25, -0.2) is 0 Å². The first-order valence-electron chi connectivity index (χ1n) is 8.64. The molecule has 0 bridgehead atoms. The lowest BCUT2D eigenvalue weighted by Crippen LogP contribution is -2.33. The minimum absolute atomic E-state index is 0.0492. The highest BCUT2D eigenvalue weighted by atomic mass is 16.5. The fourth-order valence-electron chi connectivity index (χ4n) is 3.38. The summed E-state index contributed by atoms with van der Waals surface area (Å²) in [7, 11) is 3.53. The first-order valence-corrected chi connectivity index (χ1v) is 8.64. The Hall–Kier alpha value is -3.02. The Morgan fingerprint density at radius 2 is 2.12 bits per heavy atom. The Bertz CT molecular complexity index is 964. The van der Waals surface area contributed by atoms with Crippen LogP contribution in [0.4, 0.5) is 0 Å². The molecule has 0 unspecified atom stereocenters. The lowest BCUT2D eigenvalue weighted by Gasteiger charge is -2.19. The van der Waals surface area contributed by atoms with Crippen LogP contribution in [0.15, 0.2) is 42.5 Å². The van der Waals surface area contributed by atoms with Crippen LogP contribution < -0.4 is 9.47 Å². The number of nitrogens with zero attached hydrogens (tertiary/aromatic N) is 3. The molecule has 6 nitrogen and oxygen atoms in total. The summed E-state index contributed by atoms with van der Waals surface area (Å²) in [5.74, 6) is 1.62. The zero-order valence-corrected chi connectivity index (χ0v) is 14.9. The van der Waals surface area contributed by atoms with Gasteiger partial charge >= 0.3 is 0 Å². The summed E-state index contributed by atoms with van der Waals surface area (Å²) >= 11 is 0. The average Bonchev–Trinajstić information content (AvgIpc) is 2.84. The van der Waals surface area contributed by atoms with Crippen LogP contribution in [0.2, 0.25) is 0 Å². The van der Waals surface area contributed by atoms with Gasteiger partial charge in [0.15, 0.2) is 0 Å². The van der Waals surface area contributed by atoms with E-state index in [0.717, 1.165) is 33.7 Å². The van der Waals surface area contributed by atoms with Crippen molar-refractivity contribution in [3.8, 4) is 11.5 Å². The highest BCUT2D eigenvalue weighted by Gasteiger charge is 2.22. The summed E-state index contributed by atoms with van der Waals surface area (Å²) in [6, 6.07) is 13.7. The van der Waals surface area contributed by atoms with Gasteiger partial charge in [-0.2, -0.15) is 5.10 Å². The van der Waals surface area contributed by atoms with Crippen molar-refractivity contribution in [2.24, 2.45) is 7.05 Å². The Morgan fingerprint density at radius 3 is 2.96 bits per heavy atom. The zero-order valence-electron chi connectivity index (χ0n) is 14.9. The molecule has 1 aromatic heterocycles. The number of para-hydroxylation sites is 1. The third-order valence-electron chi connectivity index (χ3n) is 4.75. The number of rotatable bonds is 3. The number of hydrogen-bond acceptors (Lipinski definition) is 4. The Kier molecular flexibility index (Phi) is 4.24. The molecule has 4 rings (SSSR count). The van der Waals surface area contributed by atoms with E-state index in [1.807, 2.05) is 59.1 Å². The smallest absolute Gasteiger partial charge is 0.229 e. The molecule has 6 heteroatoms. The van der Waals surface area contributed by atoms with Crippen LogP contribution in [0.25, 0.3) is 10.9 Å². The summed E-state index contributed by atoms with van der Waals surface area (Å²) in [6.07, 6.45) is 0.278. The molecule has 2 heterocycles. The van der Waals surface area contributed by atoms with Gasteiger partial charge in [0.25, 0.3) is 0 Å². The van der Waals surface area contributed by atoms with Gasteiger partial charge in [-0.05, 0) is 24.3 Å². The maximum Gasteiger partial charge on any atom is 0.229 e. The van der Waals surface area contributed by atoms with E-state index in [2.05, 4.69) is 5.10 Å². The maximum atomic E-state index is 12.9. The SMILES string of the molecule is COc1ccc2c(c1)CN(C(=O)Cc1nn(C)c3ccccc13)CCO2. The Labute approximate surface area is 151 Å². The summed E-state index contributed by atoms with van der Waals surface area (Å²) in [5.41, 5.74) is 2.80. The highest BCUT2D eigenvalue weighted by Crippen LogP contribution is 2.28. The van der Waals surface area contributed by atoms with E-state index in [1.165, 1.54) is 0 Å². The van der Waals surface area contributed by atoms with Gasteiger partial charge in [0.05, 0.1) is 31.3 Å². The number of amides is 1. The molecule has 0 radical (unpaired) electrons. The molecule has 134 valence electrons. The van der Waals surface area contributed by atoms with E-state index in [4.69, 9.17) is 9.47 Å². The molecule has 1 aliphatic rings. The van der Waals surface area contributed by atoms with Crippen LogP contribution in [0.5, 0.6) is 11.5 Å². The number of ether oxygens (including phenoxy) is 2. The molecule has 1 amide bonds. The molecule has 26 heavy (non-hydrogen) atoms. The van der Waals surface area contributed by atoms with Gasteiger partial charge in [-0.1, -0.05) is 18.2 Å². The maximum absolute atomic E-state index is 12.9. The number of hydrogen-bond donors (Lipinski definition) is 0. The standard InChI is InChI=1S/C20H21N3O3/c1-22-18-6-4-3-5-16(18)17(21-22)12-20(24)23-9-10-26-19-8-7-15(25-2)11-14(19)13-23/h3-8,11H,9-10,12-13H2,1-2H3. The quantitative estimate of drug-likeness (QED) is 0.728. The molecule has 0 atom stereocenters. The van der Waals surface area contributed by atoms with Crippen molar-refractivity contribution in [2.75, 3.05) is 20.3 Å². The van der Waals surface area contributed by atoms with E-state index >= 15 is 0 Å². The van der Waals surface area contributed by atoms with Gasteiger partial charge in [-0.15, -0.1) is 0 Å². The fraction of sp³-hybridized carbons (Fsp3) is 0.300. The fourth-order valence-corrected chi connectivity index (χ4v) is 3.38. The predicted molar refractivity (Wildman–Crippen MR) is 98.3 cm³/mol. The van der Waals surface area contributed by atoms with Crippen molar-refractivity contribution in [2.45, 2.75) is 13.0 Å². The number of aromatic nitrogens is 2. The van der Waals surface area contributed by atoms with Gasteiger partial charge in [0.1, 0.15) is 18.1 Å². The number of fused-ring (bicyclic) bond motifs is 2. The molecular formula is C20H21N3O3. The number of aryl methyl sites for hydroxylation is 1. The summed E-state index contributed by atoms with van der Waals surface area (Å²) in [4.78, 5) is 14.8. The molecule has 0 aliphatic carbocycles. The normalized spacial score (nSPS) is 13.8. The first kappa shape index (κ1) is 16.4. The van der Waals surface area contributed by atoms with Crippen LogP contribution in [-0.4, -0.2) is 40.8 Å². The average molecular weight is 351 g/mol. The van der Waals surface area contributed by atoms with Gasteiger partial charge in [0.2, 0.25) is 5.91 Å². The van der Waals surface area contributed by atoms with Crippen molar-refractivity contribution >= 4 is 16.8 Å². The van der Waals surface area contributed by atoms with Crippen molar-refractivity contribution in [3.05, 3.63) is 53.7 Å². The molecule has 0 fully saturated rings. The van der Waals surface area contributed by atoms with Crippen molar-refractivity contribution in [1.82, 2.24) is 14.7 Å². The van der Waals surface area contributed by atoms with Gasteiger partial charge < -0.3 is 14.4 Å². The summed E-state index contributed by atoms with van der Waals surface area (Å²) in [6.45, 7) is 1.55. The van der Waals surface area contributed by atoms with E-state index in [0.29, 0.717) is 19.7 Å². The second kappa shape index (κ2) is 6.71. The second-order valence-corrected chi connectivity index (χ2v) is 6.40. The number of methoxy groups -OCH3 is 1. The van der Waals surface area contributed by atoms with E-state index in [1.54, 1.807) is 7.11 Å². The Balaban J connectivity index is 1.57. The number of carbonyl (C=O) groups excluding carboxylic acids is 1. The minimum Gasteiger partial charge on any atom is -0.497 e. The van der Waals surface area contributed by atoms with E-state index in [-0.39, 0.29) is 12.3 Å². The predicted octanol–water partition coefficient (Wildman–Crippen LogP) is 2.55. The third kappa shape index (κ3) is 2.98. The molecule has 2 aromatic carbocycles. The molecule has 3 aromatic rings. The summed E-state index contributed by atoms with van der Waals surface area (Å²) < 4.78 is 12.9. The van der Waals surface area contributed by atoms with E-state index in [9.17, 15) is 4.79 Å². The van der Waals surface area contributed by atoms with Crippen LogP contribution in [-0.2, 0) is 24.8 Å². The van der Waals surface area contributed by atoms with Crippen LogP contribution in [0.3, 0.4) is 0 Å². The first-order chi connectivity index (χ1) is 12.7. The highest BCUT2D eigenvalue weighted by molar-refractivity contribution is 5.87. The molecule has 1 aliphatic heterocycles. The van der Waals surface area contributed by atoms with Crippen LogP contribution in [0.1, 0.15) is 11.3 Å². The molecule has 0 saturated carbocycles. The second-order valence-electron chi connectivity index (χ2n) is 6.40. The third-order valence-corrected chi connectivity index (χ3v) is 4.75. The molecule has 0 saturated heterocycles. The molecule has 0 N–H and O–H groups in total. The monoisotopic (exact) mass is 351 g/mol. The number of benzene rings is 2. The topological polar surface area (TPSA) is 56.6 Å². The lowest BCUT2D eigenvalue weighted by atomic mass is 10.1. The van der Waals surface area contributed by atoms with Crippen LogP contribution in [0, 0.1) is 0 Å². The van der Waals surface area contributed by atoms with Crippen molar-refractivity contribution < 1.29 is 14.3 Å².